The second-order valence-electron chi connectivity index (χ2n) is 7.02. The number of benzene rings is 2. The van der Waals surface area contributed by atoms with Crippen molar-refractivity contribution in [1.82, 2.24) is 0 Å². The fourth-order valence-corrected chi connectivity index (χ4v) is 7.26. The normalized spacial score (nSPS) is 14.6. The lowest BCUT2D eigenvalue weighted by atomic mass is 10.1. The summed E-state index contributed by atoms with van der Waals surface area (Å²) in [5.74, 6) is 0. The number of aryl methyl sites for hydroxylation is 2. The molecule has 2 aromatic carbocycles. The zero-order valence-electron chi connectivity index (χ0n) is 14.4. The minimum atomic E-state index is -2.33. The van der Waals surface area contributed by atoms with Crippen molar-refractivity contribution in [1.29, 1.82) is 0 Å². The van der Waals surface area contributed by atoms with E-state index >= 15 is 0 Å². The van der Waals surface area contributed by atoms with Gasteiger partial charge in [-0.1, -0.05) is 83.1 Å². The molecule has 22 heavy (non-hydrogen) atoms. The van der Waals surface area contributed by atoms with E-state index in [9.17, 15) is 0 Å². The Morgan fingerprint density at radius 1 is 0.818 bits per heavy atom. The van der Waals surface area contributed by atoms with Crippen LogP contribution in [0, 0.1) is 0 Å². The van der Waals surface area contributed by atoms with Crippen LogP contribution in [0.1, 0.15) is 45.7 Å². The fraction of sp³-hybridized carbons (Fsp3) is 0.400. The van der Waals surface area contributed by atoms with E-state index in [4.69, 9.17) is 11.1 Å². The summed E-state index contributed by atoms with van der Waals surface area (Å²) in [4.78, 5) is 0. The largest absolute Gasteiger partial charge is 0.222 e. The molecule has 0 aliphatic heterocycles. The summed E-state index contributed by atoms with van der Waals surface area (Å²) in [7, 11) is -2.33. The molecule has 0 saturated heterocycles. The molecule has 0 aliphatic carbocycles. The van der Waals surface area contributed by atoms with E-state index in [0.29, 0.717) is 0 Å². The summed E-state index contributed by atoms with van der Waals surface area (Å²) in [6, 6.07) is 17.7. The minimum Gasteiger partial charge on any atom is -0.154 e. The smallest absolute Gasteiger partial charge is 0.154 e. The Balaban J connectivity index is 2.71. The molecular formula is C20H27ClSi. The van der Waals surface area contributed by atoms with Crippen LogP contribution in [0.25, 0.3) is 0 Å². The third kappa shape index (κ3) is 3.16. The van der Waals surface area contributed by atoms with E-state index in [1.165, 1.54) is 21.5 Å². The standard InChI is InChI=1S/C20H27ClSi/c1-6-16-13-17(7-2)15-19(14-16)22(21,20(3,4)5)18-11-9-8-10-12-18/h8-15H,6-7H2,1-5H3. The van der Waals surface area contributed by atoms with Gasteiger partial charge < -0.3 is 0 Å². The van der Waals surface area contributed by atoms with Crippen molar-refractivity contribution in [3.05, 3.63) is 59.7 Å². The fourth-order valence-electron chi connectivity index (χ4n) is 3.07. The van der Waals surface area contributed by atoms with Crippen molar-refractivity contribution in [3.8, 4) is 0 Å². The summed E-state index contributed by atoms with van der Waals surface area (Å²) < 4.78 is 0. The lowest BCUT2D eigenvalue weighted by molar-refractivity contribution is 0.744. The zero-order valence-corrected chi connectivity index (χ0v) is 16.2. The Morgan fingerprint density at radius 2 is 1.32 bits per heavy atom. The van der Waals surface area contributed by atoms with Crippen molar-refractivity contribution in [2.24, 2.45) is 0 Å². The van der Waals surface area contributed by atoms with Crippen LogP contribution in [0.15, 0.2) is 48.5 Å². The highest BCUT2D eigenvalue weighted by Gasteiger charge is 2.46. The van der Waals surface area contributed by atoms with Crippen LogP contribution in [0.3, 0.4) is 0 Å². The Morgan fingerprint density at radius 3 is 1.73 bits per heavy atom. The molecule has 1 atom stereocenters. The van der Waals surface area contributed by atoms with Gasteiger partial charge in [-0.3, -0.25) is 0 Å². The van der Waals surface area contributed by atoms with Gasteiger partial charge in [0.05, 0.1) is 0 Å². The molecule has 0 aliphatic rings. The number of halogens is 1. The average Bonchev–Trinajstić information content (AvgIpc) is 2.53. The first-order valence-electron chi connectivity index (χ1n) is 8.20. The van der Waals surface area contributed by atoms with E-state index in [1.807, 2.05) is 0 Å². The van der Waals surface area contributed by atoms with Gasteiger partial charge in [0.1, 0.15) is 0 Å². The SMILES string of the molecule is CCc1cc(CC)cc([Si](Cl)(c2ccccc2)C(C)(C)C)c1. The lowest BCUT2D eigenvalue weighted by Gasteiger charge is -2.38. The molecular weight excluding hydrogens is 304 g/mol. The third-order valence-corrected chi connectivity index (χ3v) is 11.8. The summed E-state index contributed by atoms with van der Waals surface area (Å²) in [6.45, 7) is 11.3. The maximum absolute atomic E-state index is 7.46. The molecule has 0 N–H and O–H groups in total. The first-order chi connectivity index (χ1) is 10.3. The number of hydrogen-bond acceptors (Lipinski definition) is 0. The van der Waals surface area contributed by atoms with E-state index < -0.39 is 7.38 Å². The van der Waals surface area contributed by atoms with E-state index in [0.717, 1.165) is 12.8 Å². The van der Waals surface area contributed by atoms with Crippen molar-refractivity contribution in [3.63, 3.8) is 0 Å². The third-order valence-electron chi connectivity index (χ3n) is 4.47. The molecule has 0 saturated carbocycles. The van der Waals surface area contributed by atoms with Gasteiger partial charge in [-0.05, 0) is 39.4 Å². The van der Waals surface area contributed by atoms with Gasteiger partial charge in [0.15, 0.2) is 0 Å². The molecule has 2 heteroatoms. The first kappa shape index (κ1) is 17.3. The summed E-state index contributed by atoms with van der Waals surface area (Å²) in [5.41, 5.74) is 2.79. The predicted molar refractivity (Wildman–Crippen MR) is 102 cm³/mol. The van der Waals surface area contributed by atoms with Crippen LogP contribution in [0.2, 0.25) is 5.04 Å². The molecule has 2 rings (SSSR count). The van der Waals surface area contributed by atoms with Crippen LogP contribution in [-0.2, 0) is 12.8 Å². The van der Waals surface area contributed by atoms with Gasteiger partial charge >= 0.3 is 0 Å². The Kier molecular flexibility index (Phi) is 5.19. The zero-order chi connectivity index (χ0) is 16.4. The van der Waals surface area contributed by atoms with Crippen molar-refractivity contribution >= 4 is 28.8 Å². The number of rotatable bonds is 4. The molecule has 2 aromatic rings. The van der Waals surface area contributed by atoms with Crippen LogP contribution < -0.4 is 10.4 Å². The van der Waals surface area contributed by atoms with Gasteiger partial charge in [-0.2, -0.15) is 11.1 Å². The molecule has 0 heterocycles. The molecule has 0 nitrogen and oxygen atoms in total. The van der Waals surface area contributed by atoms with Crippen LogP contribution in [-0.4, -0.2) is 7.38 Å². The van der Waals surface area contributed by atoms with Gasteiger partial charge in [-0.15, -0.1) is 0 Å². The average molecular weight is 331 g/mol. The Bertz CT molecular complexity index is 606. The van der Waals surface area contributed by atoms with Gasteiger partial charge in [0.25, 0.3) is 0 Å². The second kappa shape index (κ2) is 6.60. The summed E-state index contributed by atoms with van der Waals surface area (Å²) in [5, 5.41) is 2.70. The van der Waals surface area contributed by atoms with Crippen molar-refractivity contribution < 1.29 is 0 Å². The predicted octanol–water partition coefficient (Wildman–Crippen LogP) is 4.91. The Labute approximate surface area is 141 Å². The van der Waals surface area contributed by atoms with Crippen LogP contribution in [0.4, 0.5) is 0 Å². The highest BCUT2D eigenvalue weighted by atomic mass is 35.6. The molecule has 0 bridgehead atoms. The molecule has 0 fully saturated rings. The first-order valence-corrected chi connectivity index (χ1v) is 11.2. The Hall–Kier alpha value is -1.05. The second-order valence-corrected chi connectivity index (χ2v) is 12.7. The molecule has 1 unspecified atom stereocenters. The van der Waals surface area contributed by atoms with Crippen molar-refractivity contribution in [2.75, 3.05) is 0 Å². The lowest BCUT2D eigenvalue weighted by Crippen LogP contribution is -2.60. The maximum Gasteiger partial charge on any atom is 0.222 e. The van der Waals surface area contributed by atoms with Crippen LogP contribution >= 0.6 is 11.1 Å². The monoisotopic (exact) mass is 330 g/mol. The van der Waals surface area contributed by atoms with E-state index in [-0.39, 0.29) is 5.04 Å². The van der Waals surface area contributed by atoms with Crippen molar-refractivity contribution in [2.45, 2.75) is 52.5 Å². The van der Waals surface area contributed by atoms with Gasteiger partial charge in [0.2, 0.25) is 7.38 Å². The number of hydrogen-bond donors (Lipinski definition) is 0. The highest BCUT2D eigenvalue weighted by Crippen LogP contribution is 2.38. The topological polar surface area (TPSA) is 0 Å². The quantitative estimate of drug-likeness (QED) is 0.552. The molecule has 0 aromatic heterocycles. The molecule has 0 amide bonds. The van der Waals surface area contributed by atoms with E-state index in [1.54, 1.807) is 0 Å². The highest BCUT2D eigenvalue weighted by molar-refractivity contribution is 7.35. The maximum atomic E-state index is 7.46. The van der Waals surface area contributed by atoms with Gasteiger partial charge in [0, 0.05) is 0 Å². The van der Waals surface area contributed by atoms with Gasteiger partial charge in [-0.25, -0.2) is 0 Å². The summed E-state index contributed by atoms with van der Waals surface area (Å²) >= 11 is 7.46. The molecule has 118 valence electrons. The minimum absolute atomic E-state index is 0.0489. The van der Waals surface area contributed by atoms with Crippen LogP contribution in [0.5, 0.6) is 0 Å². The molecule has 0 spiro atoms. The summed E-state index contributed by atoms with van der Waals surface area (Å²) in [6.07, 6.45) is 2.11. The van der Waals surface area contributed by atoms with E-state index in [2.05, 4.69) is 83.1 Å². The molecule has 0 radical (unpaired) electrons.